The highest BCUT2D eigenvalue weighted by molar-refractivity contribution is 5.90. The Bertz CT molecular complexity index is 918. The van der Waals surface area contributed by atoms with Gasteiger partial charge in [-0.15, -0.1) is 0 Å². The maximum atomic E-state index is 13.0. The van der Waals surface area contributed by atoms with Crippen LogP contribution in [-0.4, -0.2) is 11.1 Å². The summed E-state index contributed by atoms with van der Waals surface area (Å²) >= 11 is 0. The second-order valence-electron chi connectivity index (χ2n) is 5.41. The van der Waals surface area contributed by atoms with Crippen molar-refractivity contribution < 1.29 is 27.2 Å². The molecule has 0 saturated heterocycles. The average Bonchev–Trinajstić information content (AvgIpc) is 3.10. The lowest BCUT2D eigenvalue weighted by Gasteiger charge is -2.13. The minimum atomic E-state index is -4.44. The van der Waals surface area contributed by atoms with Gasteiger partial charge in [-0.25, -0.2) is 0 Å². The fourth-order valence-corrected chi connectivity index (χ4v) is 2.33. The van der Waals surface area contributed by atoms with E-state index in [4.69, 9.17) is 15.0 Å². The Labute approximate surface area is 146 Å². The van der Waals surface area contributed by atoms with E-state index < -0.39 is 17.6 Å². The Morgan fingerprint density at radius 1 is 1.12 bits per heavy atom. The molecule has 2 aromatic carbocycles. The van der Waals surface area contributed by atoms with Crippen LogP contribution in [0.25, 0.3) is 11.3 Å². The number of hydrogen-bond acceptors (Lipinski definition) is 4. The number of ether oxygens (including phenoxy) is 1. The Kier molecular flexibility index (Phi) is 4.66. The minimum absolute atomic E-state index is 0.0478. The van der Waals surface area contributed by atoms with Crippen molar-refractivity contribution in [1.29, 1.82) is 0 Å². The van der Waals surface area contributed by atoms with Crippen molar-refractivity contribution in [2.75, 3.05) is 0 Å². The van der Waals surface area contributed by atoms with E-state index in [9.17, 15) is 18.0 Å². The van der Waals surface area contributed by atoms with Crippen LogP contribution in [0.2, 0.25) is 0 Å². The summed E-state index contributed by atoms with van der Waals surface area (Å²) in [6.07, 6.45) is -4.44. The Hall–Kier alpha value is -3.29. The van der Waals surface area contributed by atoms with Crippen LogP contribution in [-0.2, 0) is 12.8 Å². The summed E-state index contributed by atoms with van der Waals surface area (Å²) in [7, 11) is 0. The van der Waals surface area contributed by atoms with Gasteiger partial charge in [0.15, 0.2) is 0 Å². The van der Waals surface area contributed by atoms with Crippen molar-refractivity contribution >= 4 is 5.91 Å². The highest BCUT2D eigenvalue weighted by Crippen LogP contribution is 2.32. The van der Waals surface area contributed by atoms with Crippen LogP contribution in [0.15, 0.2) is 59.1 Å². The second-order valence-corrected chi connectivity index (χ2v) is 5.41. The van der Waals surface area contributed by atoms with Gasteiger partial charge in [-0.3, -0.25) is 4.79 Å². The number of nitrogens with two attached hydrogens (primary N) is 1. The maximum Gasteiger partial charge on any atom is 0.416 e. The Balaban J connectivity index is 1.71. The molecule has 26 heavy (non-hydrogen) atoms. The largest absolute Gasteiger partial charge is 0.489 e. The van der Waals surface area contributed by atoms with Gasteiger partial charge in [0.25, 0.3) is 5.91 Å². The fraction of sp³-hybridized carbons (Fsp3) is 0.111. The number of nitrogens with zero attached hydrogens (tertiary/aromatic N) is 1. The number of carbonyl (C=O) groups excluding carboxylic acids is 1. The molecular formula is C18H13F3N2O3. The second kappa shape index (κ2) is 6.91. The van der Waals surface area contributed by atoms with Crippen molar-refractivity contribution in [2.45, 2.75) is 12.8 Å². The predicted molar refractivity (Wildman–Crippen MR) is 86.2 cm³/mol. The molecule has 0 aliphatic rings. The van der Waals surface area contributed by atoms with E-state index in [0.717, 1.165) is 6.07 Å². The molecule has 3 aromatic rings. The first-order valence-corrected chi connectivity index (χ1v) is 7.49. The molecule has 1 aromatic heterocycles. The molecule has 0 saturated carbocycles. The van der Waals surface area contributed by atoms with Crippen LogP contribution >= 0.6 is 0 Å². The summed E-state index contributed by atoms with van der Waals surface area (Å²) < 4.78 is 49.2. The molecule has 0 aliphatic heterocycles. The highest BCUT2D eigenvalue weighted by atomic mass is 19.4. The van der Waals surface area contributed by atoms with Gasteiger partial charge in [-0.1, -0.05) is 23.4 Å². The molecule has 3 rings (SSSR count). The molecule has 0 atom stereocenters. The molecule has 5 nitrogen and oxygen atoms in total. The molecule has 0 fully saturated rings. The molecule has 0 aliphatic carbocycles. The van der Waals surface area contributed by atoms with Crippen LogP contribution in [0.5, 0.6) is 5.75 Å². The van der Waals surface area contributed by atoms with Gasteiger partial charge in [0.05, 0.1) is 5.56 Å². The van der Waals surface area contributed by atoms with E-state index in [2.05, 4.69) is 5.16 Å². The number of halogens is 3. The third-order valence-corrected chi connectivity index (χ3v) is 3.62. The average molecular weight is 362 g/mol. The van der Waals surface area contributed by atoms with Crippen molar-refractivity contribution in [3.63, 3.8) is 0 Å². The van der Waals surface area contributed by atoms with Gasteiger partial charge in [-0.05, 0) is 30.3 Å². The van der Waals surface area contributed by atoms with Gasteiger partial charge in [0.1, 0.15) is 18.1 Å². The summed E-state index contributed by atoms with van der Waals surface area (Å²) in [6, 6.07) is 13.1. The number of hydrogen-bond donors (Lipinski definition) is 1. The number of rotatable bonds is 5. The molecule has 0 unspecified atom stereocenters. The molecule has 0 bridgehead atoms. The lowest BCUT2D eigenvalue weighted by Crippen LogP contribution is -2.10. The van der Waals surface area contributed by atoms with Crippen molar-refractivity contribution in [1.82, 2.24) is 5.16 Å². The predicted octanol–water partition coefficient (Wildman–Crippen LogP) is 4.04. The minimum Gasteiger partial charge on any atom is -0.489 e. The smallest absolute Gasteiger partial charge is 0.416 e. The standard InChI is InChI=1S/C18H13F3N2O3/c19-18(20,21)14-4-2-1-3-12(14)10-25-13-7-5-11(6-8-13)15-9-16(17(22)24)26-23-15/h1-9H,10H2,(H2,22,24). The van der Waals surface area contributed by atoms with Crippen molar-refractivity contribution in [2.24, 2.45) is 5.73 Å². The number of primary amides is 1. The monoisotopic (exact) mass is 362 g/mol. The van der Waals surface area contributed by atoms with E-state index >= 15 is 0 Å². The molecule has 8 heteroatoms. The first kappa shape index (κ1) is 17.5. The molecule has 134 valence electrons. The number of aromatic nitrogens is 1. The molecule has 1 amide bonds. The fourth-order valence-electron chi connectivity index (χ4n) is 2.33. The van der Waals surface area contributed by atoms with E-state index in [1.165, 1.54) is 24.3 Å². The lowest BCUT2D eigenvalue weighted by atomic mass is 10.1. The van der Waals surface area contributed by atoms with E-state index in [-0.39, 0.29) is 17.9 Å². The molecule has 0 spiro atoms. The number of amides is 1. The van der Waals surface area contributed by atoms with Gasteiger partial charge in [0, 0.05) is 17.2 Å². The van der Waals surface area contributed by atoms with E-state index in [1.807, 2.05) is 0 Å². The summed E-state index contributed by atoms with van der Waals surface area (Å²) in [6.45, 7) is -0.217. The molecular weight excluding hydrogens is 349 g/mol. The maximum absolute atomic E-state index is 13.0. The van der Waals surface area contributed by atoms with Crippen molar-refractivity contribution in [3.05, 3.63) is 71.5 Å². The topological polar surface area (TPSA) is 78.4 Å². The lowest BCUT2D eigenvalue weighted by molar-refractivity contribution is -0.138. The van der Waals surface area contributed by atoms with E-state index in [1.54, 1.807) is 24.3 Å². The Morgan fingerprint density at radius 2 is 1.81 bits per heavy atom. The molecule has 1 heterocycles. The normalized spacial score (nSPS) is 11.3. The van der Waals surface area contributed by atoms with Gasteiger partial charge in [-0.2, -0.15) is 13.2 Å². The first-order valence-electron chi connectivity index (χ1n) is 7.49. The van der Waals surface area contributed by atoms with Crippen LogP contribution in [0.3, 0.4) is 0 Å². The summed E-state index contributed by atoms with van der Waals surface area (Å²) in [5.74, 6) is -0.402. The third kappa shape index (κ3) is 3.85. The molecule has 0 radical (unpaired) electrons. The summed E-state index contributed by atoms with van der Waals surface area (Å²) in [4.78, 5) is 11.0. The summed E-state index contributed by atoms with van der Waals surface area (Å²) in [5, 5.41) is 3.73. The van der Waals surface area contributed by atoms with Crippen LogP contribution in [0.1, 0.15) is 21.7 Å². The van der Waals surface area contributed by atoms with Crippen LogP contribution in [0, 0.1) is 0 Å². The number of alkyl halides is 3. The highest BCUT2D eigenvalue weighted by Gasteiger charge is 2.32. The zero-order chi connectivity index (χ0) is 18.7. The number of carbonyl (C=O) groups is 1. The third-order valence-electron chi connectivity index (χ3n) is 3.62. The summed E-state index contributed by atoms with van der Waals surface area (Å²) in [5.41, 5.74) is 5.47. The Morgan fingerprint density at radius 3 is 2.42 bits per heavy atom. The van der Waals surface area contributed by atoms with Gasteiger partial charge in [0.2, 0.25) is 5.76 Å². The van der Waals surface area contributed by atoms with Crippen LogP contribution in [0.4, 0.5) is 13.2 Å². The quantitative estimate of drug-likeness (QED) is 0.743. The SMILES string of the molecule is NC(=O)c1cc(-c2ccc(OCc3ccccc3C(F)(F)F)cc2)no1. The molecule has 2 N–H and O–H groups in total. The van der Waals surface area contributed by atoms with Crippen LogP contribution < -0.4 is 10.5 Å². The number of benzene rings is 2. The van der Waals surface area contributed by atoms with Gasteiger partial charge < -0.3 is 15.0 Å². The van der Waals surface area contributed by atoms with Crippen molar-refractivity contribution in [3.8, 4) is 17.0 Å². The van der Waals surface area contributed by atoms with E-state index in [0.29, 0.717) is 17.0 Å². The zero-order valence-corrected chi connectivity index (χ0v) is 13.3. The zero-order valence-electron chi connectivity index (χ0n) is 13.3. The van der Waals surface area contributed by atoms with Gasteiger partial charge >= 0.3 is 6.18 Å². The first-order chi connectivity index (χ1) is 12.3.